The predicted octanol–water partition coefficient (Wildman–Crippen LogP) is 18.5. The van der Waals surface area contributed by atoms with Gasteiger partial charge in [0.05, 0.1) is 0 Å². The van der Waals surface area contributed by atoms with Gasteiger partial charge in [-0.3, -0.25) is 0 Å². The van der Waals surface area contributed by atoms with Crippen molar-refractivity contribution >= 4 is 35.1 Å². The normalized spacial score (nSPS) is 17.8. The van der Waals surface area contributed by atoms with Gasteiger partial charge in [-0.2, -0.15) is 0 Å². The maximum absolute atomic E-state index is 9.10. The fourth-order valence-corrected chi connectivity index (χ4v) is 42.3. The molecule has 0 amide bonds. The van der Waals surface area contributed by atoms with Crippen LogP contribution in [0.25, 0.3) is 34.4 Å². The van der Waals surface area contributed by atoms with E-state index in [4.69, 9.17) is 17.0 Å². The zero-order valence-corrected chi connectivity index (χ0v) is 47.3. The molecule has 0 aliphatic heterocycles. The van der Waals surface area contributed by atoms with E-state index in [2.05, 4.69) is 197 Å². The summed E-state index contributed by atoms with van der Waals surface area (Å²) in [5, 5.41) is 0. The molecule has 335 valence electrons. The van der Waals surface area contributed by atoms with Crippen LogP contribution in [-0.4, -0.2) is 5.92 Å². The molecule has 2 aliphatic rings. The Balaban J connectivity index is 1.68. The number of halogens is 2. The number of fused-ring (bicyclic) bond motifs is 2. The second kappa shape index (κ2) is 17.4. The Morgan fingerprint density at radius 3 is 1.03 bits per heavy atom. The molecule has 0 heterocycles. The Morgan fingerprint density at radius 1 is 0.484 bits per heavy atom. The second-order valence-corrected chi connectivity index (χ2v) is 66.2. The fraction of sp³-hybridized carbons (Fsp3) is 0.517. The summed E-state index contributed by atoms with van der Waals surface area (Å²) in [6.07, 6.45) is 11.3. The average Bonchev–Trinajstić information content (AvgIpc) is 3.74. The molecule has 6 rings (SSSR count). The van der Waals surface area contributed by atoms with Gasteiger partial charge in [-0.1, -0.05) is 0 Å². The van der Waals surface area contributed by atoms with Gasteiger partial charge in [0.25, 0.3) is 0 Å². The van der Waals surface area contributed by atoms with Crippen molar-refractivity contribution in [2.24, 2.45) is 0 Å². The van der Waals surface area contributed by atoms with Crippen molar-refractivity contribution in [2.45, 2.75) is 191 Å². The summed E-state index contributed by atoms with van der Waals surface area (Å²) in [5.74, 6) is -1.75. The van der Waals surface area contributed by atoms with E-state index in [0.717, 1.165) is 38.5 Å². The molecule has 0 saturated carbocycles. The molecule has 0 aromatic heterocycles. The Bertz CT molecular complexity index is 2190. The maximum atomic E-state index is 9.10. The van der Waals surface area contributed by atoms with Crippen LogP contribution in [0.4, 0.5) is 0 Å². The van der Waals surface area contributed by atoms with Crippen molar-refractivity contribution in [3.63, 3.8) is 0 Å². The molecule has 4 heteroatoms. The first-order valence-corrected chi connectivity index (χ1v) is 40.5. The number of benzene rings is 4. The minimum atomic E-state index is -5.06. The summed E-state index contributed by atoms with van der Waals surface area (Å²) in [7, 11) is 18.2. The van der Waals surface area contributed by atoms with E-state index >= 15 is 0 Å². The monoisotopic (exact) mass is 965 g/mol. The van der Waals surface area contributed by atoms with Gasteiger partial charge in [0.1, 0.15) is 0 Å². The summed E-state index contributed by atoms with van der Waals surface area (Å²) in [6.45, 7) is 42.6. The summed E-state index contributed by atoms with van der Waals surface area (Å²) >= 11 is -5.06. The van der Waals surface area contributed by atoms with E-state index in [1.54, 1.807) is 0 Å². The first-order chi connectivity index (χ1) is 28.6. The van der Waals surface area contributed by atoms with Crippen LogP contribution < -0.4 is 0 Å². The van der Waals surface area contributed by atoms with Gasteiger partial charge in [0.2, 0.25) is 0 Å². The molecule has 4 aromatic carbocycles. The van der Waals surface area contributed by atoms with Crippen molar-refractivity contribution < 1.29 is 15.6 Å². The first kappa shape index (κ1) is 49.5. The quantitative estimate of drug-likeness (QED) is 0.131. The van der Waals surface area contributed by atoms with Crippen molar-refractivity contribution in [1.29, 1.82) is 0 Å². The first-order valence-electron chi connectivity index (χ1n) is 24.2. The number of hydrogen-bond donors (Lipinski definition) is 0. The molecule has 2 atom stereocenters. The second-order valence-electron chi connectivity index (χ2n) is 23.7. The topological polar surface area (TPSA) is 0 Å². The standard InChI is InChI=1S/2C28H37.C2H7Si.2ClH.Zr/c2*1-9-11-19-14-21-13-12-20(10-2)26(25(21)15-19)22-16-23(27(3,4)5)18-24(17-22)28(6,7)8;1-3-2;;;/h2*12-18H,9-11H2,1-8H3;3H,1-2H3;2*1H;/q;;;;;+2/p-2. The molecule has 2 aliphatic carbocycles. The third-order valence-electron chi connectivity index (χ3n) is 14.7. The van der Waals surface area contributed by atoms with Gasteiger partial charge < -0.3 is 0 Å². The SMILES string of the molecule is CCCC1=Cc2c(ccc(CC)c2-c2cc(C(C)(C)C)cc(C(C)(C)C)c2)[CH]1[Zr]([Cl])([Cl])([CH]1C(CCC)=Cc2c1ccc(CC)c2-c1cc(C(C)(C)C)cc(C(C)(C)C)c1)[SiH](C)C. The molecule has 62 heavy (non-hydrogen) atoms. The minimum absolute atomic E-state index is 0.0218. The van der Waals surface area contributed by atoms with E-state index in [0.29, 0.717) is 0 Å². The van der Waals surface area contributed by atoms with Gasteiger partial charge in [-0.25, -0.2) is 0 Å². The van der Waals surface area contributed by atoms with Crippen LogP contribution in [0.15, 0.2) is 71.8 Å². The van der Waals surface area contributed by atoms with Crippen molar-refractivity contribution in [1.82, 2.24) is 0 Å². The average molecular weight is 969 g/mol. The van der Waals surface area contributed by atoms with Crippen LogP contribution in [0.1, 0.15) is 199 Å². The number of allylic oxidation sites excluding steroid dienone is 2. The predicted molar refractivity (Wildman–Crippen MR) is 279 cm³/mol. The molecule has 0 radical (unpaired) electrons. The summed E-state index contributed by atoms with van der Waals surface area (Å²) in [6, 6.07) is 24.8. The summed E-state index contributed by atoms with van der Waals surface area (Å²) < 4.78 is 0.141. The van der Waals surface area contributed by atoms with Crippen LogP contribution in [0, 0.1) is 0 Å². The van der Waals surface area contributed by atoms with E-state index in [9.17, 15) is 0 Å². The van der Waals surface area contributed by atoms with Gasteiger partial charge in [-0.05, 0) is 0 Å². The number of aryl methyl sites for hydroxylation is 2. The summed E-state index contributed by atoms with van der Waals surface area (Å²) in [4.78, 5) is 0. The van der Waals surface area contributed by atoms with E-state index in [-0.39, 0.29) is 28.9 Å². The molecule has 4 aromatic rings. The Kier molecular flexibility index (Phi) is 13.9. The zero-order valence-electron chi connectivity index (χ0n) is 42.2. The van der Waals surface area contributed by atoms with Crippen molar-refractivity contribution in [2.75, 3.05) is 0 Å². The van der Waals surface area contributed by atoms with Gasteiger partial charge in [0.15, 0.2) is 0 Å². The van der Waals surface area contributed by atoms with Crippen LogP contribution in [0.3, 0.4) is 0 Å². The molecule has 0 N–H and O–H groups in total. The fourth-order valence-electron chi connectivity index (χ4n) is 10.8. The van der Waals surface area contributed by atoms with E-state index < -0.39 is 21.5 Å². The van der Waals surface area contributed by atoms with Gasteiger partial charge in [0, 0.05) is 0 Å². The van der Waals surface area contributed by atoms with Crippen LogP contribution in [0.5, 0.6) is 0 Å². The van der Waals surface area contributed by atoms with Crippen molar-refractivity contribution in [3.8, 4) is 22.3 Å². The molecule has 0 fully saturated rings. The number of rotatable bonds is 11. The van der Waals surface area contributed by atoms with Crippen LogP contribution in [-0.2, 0) is 50.1 Å². The molecular weight excluding hydrogens is 887 g/mol. The zero-order chi connectivity index (χ0) is 46.1. The Morgan fingerprint density at radius 2 is 0.790 bits per heavy atom. The third kappa shape index (κ3) is 8.85. The molecule has 0 spiro atoms. The van der Waals surface area contributed by atoms with E-state index in [1.165, 1.54) is 89.0 Å². The molecular formula is C58H81Cl2SiZr. The van der Waals surface area contributed by atoms with Gasteiger partial charge >= 0.3 is 392 Å². The van der Waals surface area contributed by atoms with Crippen molar-refractivity contribution in [3.05, 3.63) is 127 Å². The van der Waals surface area contributed by atoms with E-state index in [1.807, 2.05) is 0 Å². The summed E-state index contributed by atoms with van der Waals surface area (Å²) in [5.41, 5.74) is 22.5. The third-order valence-corrected chi connectivity index (χ3v) is 66.6. The molecule has 0 bridgehead atoms. The number of hydrogen-bond acceptors (Lipinski definition) is 0. The van der Waals surface area contributed by atoms with Crippen LogP contribution >= 0.6 is 17.0 Å². The van der Waals surface area contributed by atoms with Crippen LogP contribution in [0.2, 0.25) is 13.1 Å². The Hall–Kier alpha value is -1.96. The Labute approximate surface area is 388 Å². The van der Waals surface area contributed by atoms with Gasteiger partial charge in [-0.15, -0.1) is 0 Å². The molecule has 0 nitrogen and oxygen atoms in total. The molecule has 0 saturated heterocycles. The molecule has 2 unspecified atom stereocenters.